The molecule has 1 aliphatic rings. The van der Waals surface area contributed by atoms with E-state index in [0.717, 1.165) is 5.56 Å². The number of carbonyl (C=O) groups is 1. The van der Waals surface area contributed by atoms with Crippen molar-refractivity contribution in [2.45, 2.75) is 26.7 Å². The Morgan fingerprint density at radius 2 is 2.10 bits per heavy atom. The van der Waals surface area contributed by atoms with Gasteiger partial charge in [-0.2, -0.15) is 5.26 Å². The molecule has 0 aliphatic heterocycles. The standard InChI is InChI=1S/C15H15Cl2NO2/c1-4-20-13(19)15(8-18)12(14(15,2)3)10-6-5-9(16)7-11(10)17/h5-7,12H,4H2,1-3H3. The number of benzene rings is 1. The minimum absolute atomic E-state index is 0.249. The van der Waals surface area contributed by atoms with Crippen LogP contribution in [0.1, 0.15) is 32.3 Å². The Bertz CT molecular complexity index is 606. The highest BCUT2D eigenvalue weighted by molar-refractivity contribution is 6.35. The van der Waals surface area contributed by atoms with Crippen LogP contribution in [-0.4, -0.2) is 12.6 Å². The molecule has 0 N–H and O–H groups in total. The lowest BCUT2D eigenvalue weighted by molar-refractivity contribution is -0.148. The van der Waals surface area contributed by atoms with Crippen LogP contribution < -0.4 is 0 Å². The summed E-state index contributed by atoms with van der Waals surface area (Å²) < 4.78 is 5.08. The Morgan fingerprint density at radius 3 is 2.60 bits per heavy atom. The maximum absolute atomic E-state index is 12.2. The Labute approximate surface area is 128 Å². The van der Waals surface area contributed by atoms with E-state index in [4.69, 9.17) is 27.9 Å². The zero-order chi connectivity index (χ0) is 15.1. The molecule has 0 amide bonds. The lowest BCUT2D eigenvalue weighted by atomic mass is 9.98. The van der Waals surface area contributed by atoms with E-state index in [1.807, 2.05) is 13.8 Å². The first-order chi connectivity index (χ1) is 9.32. The van der Waals surface area contributed by atoms with Gasteiger partial charge in [-0.05, 0) is 24.6 Å². The van der Waals surface area contributed by atoms with Crippen molar-refractivity contribution in [1.29, 1.82) is 5.26 Å². The van der Waals surface area contributed by atoms with E-state index in [0.29, 0.717) is 10.0 Å². The number of esters is 1. The van der Waals surface area contributed by atoms with E-state index in [1.54, 1.807) is 25.1 Å². The Balaban J connectivity index is 2.48. The minimum Gasteiger partial charge on any atom is -0.465 e. The van der Waals surface area contributed by atoms with E-state index in [2.05, 4.69) is 6.07 Å². The molecule has 1 aromatic rings. The largest absolute Gasteiger partial charge is 0.465 e. The highest BCUT2D eigenvalue weighted by atomic mass is 35.5. The highest BCUT2D eigenvalue weighted by Gasteiger charge is 2.78. The highest BCUT2D eigenvalue weighted by Crippen LogP contribution is 2.74. The fourth-order valence-corrected chi connectivity index (χ4v) is 3.52. The Hall–Kier alpha value is -1.24. The smallest absolute Gasteiger partial charge is 0.327 e. The number of ether oxygens (including phenoxy) is 1. The number of rotatable bonds is 3. The number of carbonyl (C=O) groups excluding carboxylic acids is 1. The molecule has 3 nitrogen and oxygen atoms in total. The van der Waals surface area contributed by atoms with Crippen molar-refractivity contribution in [3.05, 3.63) is 33.8 Å². The molecule has 0 radical (unpaired) electrons. The predicted octanol–water partition coefficient (Wildman–Crippen LogP) is 4.19. The molecule has 0 aromatic heterocycles. The van der Waals surface area contributed by atoms with Crippen LogP contribution in [0.25, 0.3) is 0 Å². The van der Waals surface area contributed by atoms with Gasteiger partial charge in [-0.3, -0.25) is 4.79 Å². The number of halogens is 2. The van der Waals surface area contributed by atoms with E-state index in [-0.39, 0.29) is 12.5 Å². The van der Waals surface area contributed by atoms with Crippen molar-refractivity contribution in [3.8, 4) is 6.07 Å². The summed E-state index contributed by atoms with van der Waals surface area (Å²) in [5, 5.41) is 10.5. The molecule has 1 saturated carbocycles. The fraction of sp³-hybridized carbons (Fsp3) is 0.467. The fourth-order valence-electron chi connectivity index (χ4n) is 3.00. The zero-order valence-corrected chi connectivity index (χ0v) is 13.0. The van der Waals surface area contributed by atoms with Gasteiger partial charge in [-0.1, -0.05) is 43.1 Å². The van der Waals surface area contributed by atoms with Gasteiger partial charge in [0.05, 0.1) is 12.7 Å². The molecule has 2 unspecified atom stereocenters. The third-order valence-electron chi connectivity index (χ3n) is 4.13. The quantitative estimate of drug-likeness (QED) is 0.786. The first-order valence-corrected chi connectivity index (χ1v) is 7.12. The van der Waals surface area contributed by atoms with Gasteiger partial charge in [0, 0.05) is 21.4 Å². The summed E-state index contributed by atoms with van der Waals surface area (Å²) in [4.78, 5) is 12.2. The van der Waals surface area contributed by atoms with E-state index < -0.39 is 16.8 Å². The van der Waals surface area contributed by atoms with Crippen LogP contribution in [0.5, 0.6) is 0 Å². The third kappa shape index (κ3) is 1.90. The van der Waals surface area contributed by atoms with Crippen LogP contribution in [0.2, 0.25) is 10.0 Å². The third-order valence-corrected chi connectivity index (χ3v) is 4.70. The number of nitrogens with zero attached hydrogens (tertiary/aromatic N) is 1. The molecule has 0 spiro atoms. The molecule has 0 heterocycles. The maximum Gasteiger partial charge on any atom is 0.327 e. The van der Waals surface area contributed by atoms with Gasteiger partial charge in [0.1, 0.15) is 0 Å². The molecular weight excluding hydrogens is 297 g/mol. The first kappa shape index (κ1) is 15.2. The average Bonchev–Trinajstić information content (AvgIpc) is 2.87. The molecule has 2 rings (SSSR count). The van der Waals surface area contributed by atoms with Gasteiger partial charge in [-0.25, -0.2) is 0 Å². The van der Waals surface area contributed by atoms with Crippen LogP contribution in [-0.2, 0) is 9.53 Å². The zero-order valence-electron chi connectivity index (χ0n) is 11.5. The van der Waals surface area contributed by atoms with E-state index >= 15 is 0 Å². The normalized spacial score (nSPS) is 26.7. The summed E-state index contributed by atoms with van der Waals surface area (Å²) in [7, 11) is 0. The lowest BCUT2D eigenvalue weighted by Gasteiger charge is -2.10. The van der Waals surface area contributed by atoms with Gasteiger partial charge < -0.3 is 4.74 Å². The van der Waals surface area contributed by atoms with Gasteiger partial charge in [-0.15, -0.1) is 0 Å². The average molecular weight is 312 g/mol. The van der Waals surface area contributed by atoms with Gasteiger partial charge in [0.25, 0.3) is 0 Å². The molecule has 0 saturated heterocycles. The second kappa shape index (κ2) is 4.95. The Kier molecular flexibility index (Phi) is 3.75. The van der Waals surface area contributed by atoms with Crippen molar-refractivity contribution >= 4 is 29.2 Å². The number of hydrogen-bond donors (Lipinski definition) is 0. The first-order valence-electron chi connectivity index (χ1n) is 6.36. The van der Waals surface area contributed by atoms with Crippen LogP contribution in [0.3, 0.4) is 0 Å². The van der Waals surface area contributed by atoms with Crippen molar-refractivity contribution in [2.24, 2.45) is 10.8 Å². The number of hydrogen-bond acceptors (Lipinski definition) is 3. The number of nitriles is 1. The summed E-state index contributed by atoms with van der Waals surface area (Å²) in [6, 6.07) is 7.26. The maximum atomic E-state index is 12.2. The van der Waals surface area contributed by atoms with Crippen LogP contribution in [0.4, 0.5) is 0 Å². The summed E-state index contributed by atoms with van der Waals surface area (Å²) in [6.07, 6.45) is 0. The molecule has 1 aromatic carbocycles. The molecule has 20 heavy (non-hydrogen) atoms. The Morgan fingerprint density at radius 1 is 1.45 bits per heavy atom. The van der Waals surface area contributed by atoms with Crippen LogP contribution >= 0.6 is 23.2 Å². The topological polar surface area (TPSA) is 50.1 Å². The second-order valence-corrected chi connectivity index (χ2v) is 6.30. The summed E-state index contributed by atoms with van der Waals surface area (Å²) >= 11 is 12.1. The molecule has 2 atom stereocenters. The molecule has 1 aliphatic carbocycles. The lowest BCUT2D eigenvalue weighted by Crippen LogP contribution is -2.23. The summed E-state index contributed by atoms with van der Waals surface area (Å²) in [6.45, 7) is 5.73. The molecule has 1 fully saturated rings. The molecular formula is C15H15Cl2NO2. The second-order valence-electron chi connectivity index (χ2n) is 5.46. The monoisotopic (exact) mass is 311 g/mol. The van der Waals surface area contributed by atoms with Crippen molar-refractivity contribution in [1.82, 2.24) is 0 Å². The van der Waals surface area contributed by atoms with Crippen molar-refractivity contribution in [3.63, 3.8) is 0 Å². The summed E-state index contributed by atoms with van der Waals surface area (Å²) in [5.41, 5.74) is -0.943. The summed E-state index contributed by atoms with van der Waals surface area (Å²) in [5.74, 6) is -0.771. The predicted molar refractivity (Wildman–Crippen MR) is 77.7 cm³/mol. The van der Waals surface area contributed by atoms with Crippen molar-refractivity contribution in [2.75, 3.05) is 6.61 Å². The van der Waals surface area contributed by atoms with Crippen molar-refractivity contribution < 1.29 is 9.53 Å². The minimum atomic E-state index is -1.18. The van der Waals surface area contributed by atoms with Gasteiger partial charge in [0.15, 0.2) is 5.41 Å². The SMILES string of the molecule is CCOC(=O)C1(C#N)C(c2ccc(Cl)cc2Cl)C1(C)C. The molecule has 0 bridgehead atoms. The molecule has 5 heteroatoms. The molecule has 106 valence electrons. The van der Waals surface area contributed by atoms with Crippen LogP contribution in [0, 0.1) is 22.2 Å². The van der Waals surface area contributed by atoms with Gasteiger partial charge >= 0.3 is 5.97 Å². The van der Waals surface area contributed by atoms with E-state index in [9.17, 15) is 10.1 Å². The van der Waals surface area contributed by atoms with Gasteiger partial charge in [0.2, 0.25) is 0 Å². The van der Waals surface area contributed by atoms with E-state index in [1.165, 1.54) is 0 Å². The van der Waals surface area contributed by atoms with Crippen LogP contribution in [0.15, 0.2) is 18.2 Å².